The van der Waals surface area contributed by atoms with E-state index in [0.717, 1.165) is 31.7 Å². The summed E-state index contributed by atoms with van der Waals surface area (Å²) in [6.45, 7) is 2.15. The molecule has 1 saturated carbocycles. The first-order valence-corrected chi connectivity index (χ1v) is 8.84. The first-order chi connectivity index (χ1) is 9.29. The molecule has 0 bridgehead atoms. The Morgan fingerprint density at radius 1 is 1.30 bits per heavy atom. The Bertz CT molecular complexity index is 599. The molecule has 0 heterocycles. The van der Waals surface area contributed by atoms with Gasteiger partial charge in [0.05, 0.1) is 4.47 Å². The van der Waals surface area contributed by atoms with Gasteiger partial charge < -0.3 is 5.73 Å². The van der Waals surface area contributed by atoms with Crippen LogP contribution in [-0.2, 0) is 10.0 Å². The third-order valence-corrected chi connectivity index (χ3v) is 5.74. The second-order valence-electron chi connectivity index (χ2n) is 5.39. The number of nitrogens with two attached hydrogens (primary N) is 1. The molecule has 0 unspecified atom stereocenters. The van der Waals surface area contributed by atoms with E-state index in [9.17, 15) is 12.8 Å². The molecular formula is C13H18BrFN2O2S. The molecule has 4 nitrogen and oxygen atoms in total. The highest BCUT2D eigenvalue weighted by Gasteiger charge is 2.27. The summed E-state index contributed by atoms with van der Waals surface area (Å²) in [5.74, 6) is -0.190. The van der Waals surface area contributed by atoms with Crippen molar-refractivity contribution in [1.29, 1.82) is 0 Å². The van der Waals surface area contributed by atoms with Gasteiger partial charge in [0.15, 0.2) is 5.82 Å². The number of nitrogens with one attached hydrogen (secondary N) is 1. The minimum absolute atomic E-state index is 0.0511. The lowest BCUT2D eigenvalue weighted by Gasteiger charge is -2.26. The average molecular weight is 365 g/mol. The third-order valence-electron chi connectivity index (χ3n) is 3.64. The fourth-order valence-electron chi connectivity index (χ4n) is 2.44. The normalized spacial score (nSPS) is 23.8. The van der Waals surface area contributed by atoms with Gasteiger partial charge in [0.2, 0.25) is 10.0 Å². The summed E-state index contributed by atoms with van der Waals surface area (Å²) in [7, 11) is -3.89. The molecule has 1 aromatic carbocycles. The Hall–Kier alpha value is -0.660. The van der Waals surface area contributed by atoms with E-state index in [1.165, 1.54) is 6.07 Å². The summed E-state index contributed by atoms with van der Waals surface area (Å²) >= 11 is 2.98. The van der Waals surface area contributed by atoms with Gasteiger partial charge in [0, 0.05) is 11.7 Å². The Labute approximate surface area is 127 Å². The first-order valence-electron chi connectivity index (χ1n) is 6.56. The molecule has 1 aliphatic rings. The van der Waals surface area contributed by atoms with E-state index >= 15 is 0 Å². The lowest BCUT2D eigenvalue weighted by Crippen LogP contribution is -2.37. The molecule has 0 saturated heterocycles. The molecule has 0 radical (unpaired) electrons. The van der Waals surface area contributed by atoms with Gasteiger partial charge in [0.25, 0.3) is 0 Å². The smallest absolute Gasteiger partial charge is 0.243 e. The molecule has 2 rings (SSSR count). The maximum atomic E-state index is 14.0. The zero-order chi connectivity index (χ0) is 14.9. The van der Waals surface area contributed by atoms with Crippen LogP contribution in [0.25, 0.3) is 0 Å². The van der Waals surface area contributed by atoms with Crippen molar-refractivity contribution in [3.63, 3.8) is 0 Å². The minimum Gasteiger partial charge on any atom is -0.399 e. The molecular weight excluding hydrogens is 347 g/mol. The molecule has 1 aromatic rings. The average Bonchev–Trinajstić information content (AvgIpc) is 2.36. The summed E-state index contributed by atoms with van der Waals surface area (Å²) in [4.78, 5) is -0.400. The molecule has 0 amide bonds. The van der Waals surface area contributed by atoms with Crippen molar-refractivity contribution in [1.82, 2.24) is 4.72 Å². The second kappa shape index (κ2) is 5.99. The van der Waals surface area contributed by atoms with Crippen molar-refractivity contribution in [3.8, 4) is 0 Å². The number of benzene rings is 1. The largest absolute Gasteiger partial charge is 0.399 e. The number of hydrogen-bond acceptors (Lipinski definition) is 3. The molecule has 112 valence electrons. The van der Waals surface area contributed by atoms with Crippen LogP contribution in [-0.4, -0.2) is 14.5 Å². The van der Waals surface area contributed by atoms with Gasteiger partial charge in [-0.15, -0.1) is 0 Å². The van der Waals surface area contributed by atoms with Crippen LogP contribution < -0.4 is 10.5 Å². The summed E-state index contributed by atoms with van der Waals surface area (Å²) in [6.07, 6.45) is 3.53. The monoisotopic (exact) mass is 364 g/mol. The fraction of sp³-hybridized carbons (Fsp3) is 0.538. The van der Waals surface area contributed by atoms with Crippen LogP contribution in [0, 0.1) is 11.7 Å². The van der Waals surface area contributed by atoms with Crippen molar-refractivity contribution in [3.05, 3.63) is 22.4 Å². The number of hydrogen-bond donors (Lipinski definition) is 2. The zero-order valence-electron chi connectivity index (χ0n) is 11.2. The van der Waals surface area contributed by atoms with Crippen LogP contribution in [0.15, 0.2) is 21.5 Å². The number of halogens is 2. The zero-order valence-corrected chi connectivity index (χ0v) is 13.6. The Kier molecular flexibility index (Phi) is 4.71. The molecule has 0 spiro atoms. The van der Waals surface area contributed by atoms with E-state index in [1.807, 2.05) is 0 Å². The van der Waals surface area contributed by atoms with E-state index in [-0.39, 0.29) is 16.2 Å². The summed E-state index contributed by atoms with van der Waals surface area (Å²) < 4.78 is 41.2. The summed E-state index contributed by atoms with van der Waals surface area (Å²) in [6, 6.07) is 2.36. The highest BCUT2D eigenvalue weighted by Crippen LogP contribution is 2.28. The third kappa shape index (κ3) is 3.51. The topological polar surface area (TPSA) is 72.2 Å². The molecule has 1 fully saturated rings. The van der Waals surface area contributed by atoms with Crippen molar-refractivity contribution in [2.75, 3.05) is 5.73 Å². The van der Waals surface area contributed by atoms with Crippen molar-refractivity contribution >= 4 is 31.6 Å². The van der Waals surface area contributed by atoms with Crippen molar-refractivity contribution in [2.45, 2.75) is 43.5 Å². The van der Waals surface area contributed by atoms with E-state index in [1.54, 1.807) is 0 Å². The Morgan fingerprint density at radius 3 is 2.50 bits per heavy atom. The van der Waals surface area contributed by atoms with Gasteiger partial charge in [-0.25, -0.2) is 17.5 Å². The number of rotatable bonds is 3. The predicted molar refractivity (Wildman–Crippen MR) is 80.3 cm³/mol. The molecule has 0 aliphatic heterocycles. The van der Waals surface area contributed by atoms with Gasteiger partial charge in [-0.1, -0.05) is 6.92 Å². The minimum atomic E-state index is -3.89. The van der Waals surface area contributed by atoms with Crippen LogP contribution >= 0.6 is 15.9 Å². The first kappa shape index (κ1) is 15.7. The molecule has 1 aliphatic carbocycles. The second-order valence-corrected chi connectivity index (χ2v) is 7.93. The number of nitrogen functional groups attached to an aromatic ring is 1. The van der Waals surface area contributed by atoms with Gasteiger partial charge in [-0.3, -0.25) is 0 Å². The van der Waals surface area contributed by atoms with Crippen molar-refractivity contribution in [2.24, 2.45) is 5.92 Å². The predicted octanol–water partition coefficient (Wildman–Crippen LogP) is 3.03. The van der Waals surface area contributed by atoms with Crippen molar-refractivity contribution < 1.29 is 12.8 Å². The molecule has 7 heteroatoms. The number of sulfonamides is 1. The van der Waals surface area contributed by atoms with Gasteiger partial charge in [0.1, 0.15) is 4.90 Å². The summed E-state index contributed by atoms with van der Waals surface area (Å²) in [5.41, 5.74) is 5.79. The van der Waals surface area contributed by atoms with E-state index in [2.05, 4.69) is 27.6 Å². The highest BCUT2D eigenvalue weighted by molar-refractivity contribution is 9.10. The maximum absolute atomic E-state index is 14.0. The van der Waals surface area contributed by atoms with Crippen LogP contribution in [0.2, 0.25) is 0 Å². The van der Waals surface area contributed by atoms with E-state index in [0.29, 0.717) is 5.92 Å². The van der Waals surface area contributed by atoms with Crippen LogP contribution in [0.4, 0.5) is 10.1 Å². The van der Waals surface area contributed by atoms with Gasteiger partial charge in [-0.05, 0) is 59.7 Å². The van der Waals surface area contributed by atoms with E-state index < -0.39 is 20.7 Å². The molecule has 20 heavy (non-hydrogen) atoms. The quantitative estimate of drug-likeness (QED) is 0.809. The SMILES string of the molecule is CC1CCC(NS(=O)(=O)c2cc(N)cc(Br)c2F)CC1. The van der Waals surface area contributed by atoms with Gasteiger partial charge in [-0.2, -0.15) is 0 Å². The van der Waals surface area contributed by atoms with Gasteiger partial charge >= 0.3 is 0 Å². The van der Waals surface area contributed by atoms with Crippen LogP contribution in [0.5, 0.6) is 0 Å². The van der Waals surface area contributed by atoms with E-state index in [4.69, 9.17) is 5.73 Å². The number of anilines is 1. The Balaban J connectivity index is 2.23. The van der Waals surface area contributed by atoms with Crippen LogP contribution in [0.3, 0.4) is 0 Å². The maximum Gasteiger partial charge on any atom is 0.243 e. The fourth-order valence-corrected chi connectivity index (χ4v) is 4.49. The standard InChI is InChI=1S/C13H18BrFN2O2S/c1-8-2-4-10(5-3-8)17-20(18,19)12-7-9(16)6-11(14)13(12)15/h6-8,10,17H,2-5,16H2,1H3. The highest BCUT2D eigenvalue weighted by atomic mass is 79.9. The lowest BCUT2D eigenvalue weighted by molar-refractivity contribution is 0.332. The molecule has 0 atom stereocenters. The van der Waals surface area contributed by atoms with Crippen LogP contribution in [0.1, 0.15) is 32.6 Å². The summed E-state index contributed by atoms with van der Waals surface area (Å²) in [5, 5.41) is 0. The molecule has 0 aromatic heterocycles. The lowest BCUT2D eigenvalue weighted by atomic mass is 9.88. The molecule has 3 N–H and O–H groups in total. The Morgan fingerprint density at radius 2 is 1.90 bits per heavy atom.